The lowest BCUT2D eigenvalue weighted by Gasteiger charge is -2.03. The lowest BCUT2D eigenvalue weighted by Crippen LogP contribution is -2.19. The normalized spacial score (nSPS) is 10.1. The molecule has 0 aromatic carbocycles. The Balaban J connectivity index is 1.98. The molecule has 0 aliphatic rings. The van der Waals surface area contributed by atoms with Crippen molar-refractivity contribution in [2.75, 3.05) is 12.4 Å². The van der Waals surface area contributed by atoms with Gasteiger partial charge in [0.05, 0.1) is 6.54 Å². The summed E-state index contributed by atoms with van der Waals surface area (Å²) in [6, 6.07) is 3.23. The Hall–Kier alpha value is -2.22. The number of aromatic amines is 1. The van der Waals surface area contributed by atoms with E-state index in [-0.39, 0.29) is 16.5 Å². The Bertz CT molecular complexity index is 589. The molecule has 2 aromatic heterocycles. The van der Waals surface area contributed by atoms with Gasteiger partial charge in [-0.05, 0) is 12.1 Å². The molecule has 3 N–H and O–H groups in total. The van der Waals surface area contributed by atoms with Crippen LogP contribution in [0.5, 0.6) is 0 Å². The molecular weight excluding hydrogens is 254 g/mol. The molecule has 18 heavy (non-hydrogen) atoms. The van der Waals surface area contributed by atoms with Crippen LogP contribution in [-0.4, -0.2) is 28.1 Å². The van der Waals surface area contributed by atoms with Crippen molar-refractivity contribution in [2.45, 2.75) is 6.54 Å². The van der Waals surface area contributed by atoms with Gasteiger partial charge in [-0.2, -0.15) is 0 Å². The van der Waals surface area contributed by atoms with Gasteiger partial charge in [0.2, 0.25) is 0 Å². The summed E-state index contributed by atoms with van der Waals surface area (Å²) in [5.41, 5.74) is 1.04. The number of aromatic nitrogens is 3. The first-order valence-electron chi connectivity index (χ1n) is 5.15. The third-order valence-electron chi connectivity index (χ3n) is 2.16. The van der Waals surface area contributed by atoms with Gasteiger partial charge in [-0.25, -0.2) is 0 Å². The zero-order valence-electron chi connectivity index (χ0n) is 9.56. The highest BCUT2D eigenvalue weighted by molar-refractivity contribution is 7.07. The molecule has 0 saturated heterocycles. The topological polar surface area (TPSA) is 99.8 Å². The molecular formula is C10H11N5O2S. The van der Waals surface area contributed by atoms with Crippen molar-refractivity contribution < 1.29 is 4.79 Å². The van der Waals surface area contributed by atoms with E-state index in [1.807, 2.05) is 0 Å². The third kappa shape index (κ3) is 2.92. The molecule has 0 aliphatic heterocycles. The molecule has 0 bridgehead atoms. The van der Waals surface area contributed by atoms with Crippen LogP contribution in [0.25, 0.3) is 0 Å². The van der Waals surface area contributed by atoms with E-state index in [0.29, 0.717) is 12.4 Å². The largest absolute Gasteiger partial charge is 0.363 e. The van der Waals surface area contributed by atoms with E-state index < -0.39 is 0 Å². The number of hydrogen-bond acceptors (Lipinski definition) is 6. The maximum absolute atomic E-state index is 11.2. The van der Waals surface area contributed by atoms with Crippen molar-refractivity contribution in [2.24, 2.45) is 0 Å². The number of nitrogens with one attached hydrogen (secondary N) is 3. The highest BCUT2D eigenvalue weighted by Crippen LogP contribution is 2.04. The van der Waals surface area contributed by atoms with Gasteiger partial charge in [-0.1, -0.05) is 11.3 Å². The van der Waals surface area contributed by atoms with E-state index in [2.05, 4.69) is 25.8 Å². The molecule has 0 saturated carbocycles. The molecule has 0 unspecified atom stereocenters. The second kappa shape index (κ2) is 5.41. The van der Waals surface area contributed by atoms with Crippen molar-refractivity contribution in [3.8, 4) is 0 Å². The summed E-state index contributed by atoms with van der Waals surface area (Å²) < 4.78 is 0. The molecule has 2 rings (SSSR count). The summed E-state index contributed by atoms with van der Waals surface area (Å²) in [6.07, 6.45) is 0. The fourth-order valence-electron chi connectivity index (χ4n) is 1.26. The molecule has 0 radical (unpaired) electrons. The van der Waals surface area contributed by atoms with Crippen LogP contribution in [0, 0.1) is 0 Å². The molecule has 0 atom stereocenters. The van der Waals surface area contributed by atoms with Gasteiger partial charge in [0, 0.05) is 18.1 Å². The predicted octanol–water partition coefficient (Wildman–Crippen LogP) is 0.198. The van der Waals surface area contributed by atoms with Gasteiger partial charge in [0.25, 0.3) is 5.91 Å². The number of carbonyl (C=O) groups excluding carboxylic acids is 1. The lowest BCUT2D eigenvalue weighted by molar-refractivity contribution is 0.0957. The van der Waals surface area contributed by atoms with E-state index in [1.54, 1.807) is 17.5 Å². The molecule has 0 spiro atoms. The van der Waals surface area contributed by atoms with Crippen molar-refractivity contribution in [3.63, 3.8) is 0 Å². The van der Waals surface area contributed by atoms with Crippen LogP contribution in [0.3, 0.4) is 0 Å². The van der Waals surface area contributed by atoms with E-state index in [4.69, 9.17) is 0 Å². The second-order valence-corrected chi connectivity index (χ2v) is 4.25. The summed E-state index contributed by atoms with van der Waals surface area (Å²) in [5.74, 6) is 0.255. The minimum Gasteiger partial charge on any atom is -0.363 e. The highest BCUT2D eigenvalue weighted by Gasteiger charge is 2.05. The zero-order chi connectivity index (χ0) is 13.0. The number of anilines is 1. The average molecular weight is 265 g/mol. The first-order chi connectivity index (χ1) is 8.69. The molecule has 94 valence electrons. The minimum absolute atomic E-state index is 0.0900. The van der Waals surface area contributed by atoms with E-state index >= 15 is 0 Å². The van der Waals surface area contributed by atoms with Crippen LogP contribution in [0.4, 0.5) is 5.82 Å². The quantitative estimate of drug-likeness (QED) is 0.733. The maximum Gasteiger partial charge on any atom is 0.304 e. The van der Waals surface area contributed by atoms with Crippen molar-refractivity contribution in [1.29, 1.82) is 0 Å². The monoisotopic (exact) mass is 265 g/mol. The molecule has 8 heteroatoms. The molecule has 2 aromatic rings. The summed E-state index contributed by atoms with van der Waals surface area (Å²) in [4.78, 5) is 24.7. The lowest BCUT2D eigenvalue weighted by atomic mass is 10.3. The predicted molar refractivity (Wildman–Crippen MR) is 67.7 cm³/mol. The van der Waals surface area contributed by atoms with Gasteiger partial charge in [-0.15, -0.1) is 10.2 Å². The standard InChI is InChI=1S/C10H11N5O2S/c1-11-9(16)7-2-3-8(15-14-7)12-4-6-5-18-10(17)13-6/h2-3,5H,4H2,1H3,(H,11,16)(H,12,15)(H,13,17). The Kier molecular flexibility index (Phi) is 3.68. The van der Waals surface area contributed by atoms with E-state index in [1.165, 1.54) is 7.05 Å². The van der Waals surface area contributed by atoms with Crippen LogP contribution in [0.2, 0.25) is 0 Å². The van der Waals surface area contributed by atoms with E-state index in [9.17, 15) is 9.59 Å². The number of nitrogens with zero attached hydrogens (tertiary/aromatic N) is 2. The minimum atomic E-state index is -0.281. The zero-order valence-corrected chi connectivity index (χ0v) is 10.4. The van der Waals surface area contributed by atoms with Gasteiger partial charge >= 0.3 is 4.87 Å². The number of H-pyrrole nitrogens is 1. The number of carbonyl (C=O) groups is 1. The number of amides is 1. The van der Waals surface area contributed by atoms with Crippen LogP contribution in [0.15, 0.2) is 22.3 Å². The number of rotatable bonds is 4. The SMILES string of the molecule is CNC(=O)c1ccc(NCc2csc(=O)[nH]2)nn1. The van der Waals surface area contributed by atoms with Crippen molar-refractivity contribution in [3.05, 3.63) is 38.6 Å². The first kappa shape index (κ1) is 12.2. The molecule has 2 heterocycles. The Labute approximate surface area is 106 Å². The van der Waals surface area contributed by atoms with Crippen LogP contribution in [0.1, 0.15) is 16.2 Å². The summed E-state index contributed by atoms with van der Waals surface area (Å²) in [7, 11) is 1.53. The van der Waals surface area contributed by atoms with Gasteiger partial charge in [0.1, 0.15) is 5.82 Å². The molecule has 0 aliphatic carbocycles. The highest BCUT2D eigenvalue weighted by atomic mass is 32.1. The Morgan fingerprint density at radius 3 is 2.83 bits per heavy atom. The van der Waals surface area contributed by atoms with Crippen LogP contribution in [-0.2, 0) is 6.54 Å². The van der Waals surface area contributed by atoms with Crippen LogP contribution < -0.4 is 15.5 Å². The number of thiazole rings is 1. The smallest absolute Gasteiger partial charge is 0.304 e. The fraction of sp³-hybridized carbons (Fsp3) is 0.200. The molecule has 1 amide bonds. The first-order valence-corrected chi connectivity index (χ1v) is 6.03. The fourth-order valence-corrected chi connectivity index (χ4v) is 1.84. The van der Waals surface area contributed by atoms with Gasteiger partial charge in [-0.3, -0.25) is 9.59 Å². The maximum atomic E-state index is 11.2. The van der Waals surface area contributed by atoms with E-state index in [0.717, 1.165) is 17.0 Å². The molecule has 7 nitrogen and oxygen atoms in total. The Morgan fingerprint density at radius 2 is 2.28 bits per heavy atom. The Morgan fingerprint density at radius 1 is 1.44 bits per heavy atom. The van der Waals surface area contributed by atoms with Crippen molar-refractivity contribution >= 4 is 23.1 Å². The van der Waals surface area contributed by atoms with Crippen molar-refractivity contribution in [1.82, 2.24) is 20.5 Å². The van der Waals surface area contributed by atoms with Gasteiger partial charge in [0.15, 0.2) is 5.69 Å². The summed E-state index contributed by atoms with van der Waals surface area (Å²) >= 11 is 1.11. The molecule has 0 fully saturated rings. The van der Waals surface area contributed by atoms with Gasteiger partial charge < -0.3 is 15.6 Å². The number of hydrogen-bond donors (Lipinski definition) is 3. The summed E-state index contributed by atoms with van der Waals surface area (Å²) in [6.45, 7) is 0.451. The third-order valence-corrected chi connectivity index (χ3v) is 2.87. The average Bonchev–Trinajstić information content (AvgIpc) is 2.82. The summed E-state index contributed by atoms with van der Waals surface area (Å²) in [5, 5.41) is 14.8. The van der Waals surface area contributed by atoms with Crippen LogP contribution >= 0.6 is 11.3 Å². The second-order valence-electron chi connectivity index (χ2n) is 3.41.